The fourth-order valence-electron chi connectivity index (χ4n) is 3.27. The molecule has 0 unspecified atom stereocenters. The Labute approximate surface area is 189 Å². The van der Waals surface area contributed by atoms with Crippen LogP contribution in [0.25, 0.3) is 0 Å². The van der Waals surface area contributed by atoms with Gasteiger partial charge in [0, 0.05) is 69.0 Å². The van der Waals surface area contributed by atoms with Crippen LogP contribution in [0.5, 0.6) is 5.75 Å². The zero-order valence-electron chi connectivity index (χ0n) is 16.9. The van der Waals surface area contributed by atoms with E-state index >= 15 is 0 Å². The van der Waals surface area contributed by atoms with E-state index in [0.717, 1.165) is 63.0 Å². The van der Waals surface area contributed by atoms with Crippen LogP contribution < -0.4 is 15.0 Å². The molecule has 2 heterocycles. The van der Waals surface area contributed by atoms with Crippen molar-refractivity contribution in [1.29, 1.82) is 0 Å². The number of hydrogen-bond acceptors (Lipinski definition) is 5. The number of nitrogens with zero attached hydrogens (tertiary/aromatic N) is 4. The molecule has 154 valence electrons. The molecule has 28 heavy (non-hydrogen) atoms. The second-order valence-corrected chi connectivity index (χ2v) is 7.58. The number of hydrogen-bond donors (Lipinski definition) is 1. The minimum atomic E-state index is 0. The summed E-state index contributed by atoms with van der Waals surface area (Å²) in [6.07, 6.45) is 2.09. The number of benzene rings is 1. The molecule has 1 aliphatic heterocycles. The normalized spacial score (nSPS) is 14.6. The van der Waals surface area contributed by atoms with Crippen molar-refractivity contribution < 1.29 is 4.74 Å². The number of ether oxygens (including phenoxy) is 1. The first-order valence-corrected chi connectivity index (χ1v) is 10.3. The number of thiazole rings is 1. The van der Waals surface area contributed by atoms with E-state index in [1.165, 1.54) is 10.7 Å². The van der Waals surface area contributed by atoms with E-state index in [1.54, 1.807) is 18.4 Å². The van der Waals surface area contributed by atoms with Gasteiger partial charge in [0.2, 0.25) is 0 Å². The van der Waals surface area contributed by atoms with Crippen LogP contribution in [0.4, 0.5) is 5.69 Å². The van der Waals surface area contributed by atoms with Gasteiger partial charge in [-0.1, -0.05) is 6.07 Å². The molecule has 3 rings (SSSR count). The van der Waals surface area contributed by atoms with Gasteiger partial charge in [-0.15, -0.1) is 35.3 Å². The number of methoxy groups -OCH3 is 1. The van der Waals surface area contributed by atoms with Crippen LogP contribution >= 0.6 is 35.3 Å². The summed E-state index contributed by atoms with van der Waals surface area (Å²) < 4.78 is 5.34. The monoisotopic (exact) mass is 515 g/mol. The van der Waals surface area contributed by atoms with Crippen molar-refractivity contribution in [2.45, 2.75) is 19.8 Å². The molecule has 6 nitrogen and oxygen atoms in total. The predicted octanol–water partition coefficient (Wildman–Crippen LogP) is 3.41. The molecule has 1 aromatic carbocycles. The zero-order valence-corrected chi connectivity index (χ0v) is 20.0. The van der Waals surface area contributed by atoms with Gasteiger partial charge < -0.3 is 19.9 Å². The Morgan fingerprint density at radius 3 is 2.71 bits per heavy atom. The van der Waals surface area contributed by atoms with Crippen LogP contribution in [-0.4, -0.2) is 62.7 Å². The van der Waals surface area contributed by atoms with Gasteiger partial charge >= 0.3 is 0 Å². The number of halogens is 1. The third-order valence-electron chi connectivity index (χ3n) is 4.73. The lowest BCUT2D eigenvalue weighted by atomic mass is 10.2. The van der Waals surface area contributed by atoms with Gasteiger partial charge in [-0.3, -0.25) is 4.99 Å². The average molecular weight is 515 g/mol. The molecule has 0 saturated carbocycles. The first-order chi connectivity index (χ1) is 13.2. The molecule has 1 fully saturated rings. The highest BCUT2D eigenvalue weighted by atomic mass is 127. The quantitative estimate of drug-likeness (QED) is 0.277. The Balaban J connectivity index is 0.00000280. The van der Waals surface area contributed by atoms with Crippen LogP contribution in [0.1, 0.15) is 17.1 Å². The second-order valence-electron chi connectivity index (χ2n) is 6.64. The highest BCUT2D eigenvalue weighted by Crippen LogP contribution is 2.22. The largest absolute Gasteiger partial charge is 0.497 e. The molecular weight excluding hydrogens is 485 g/mol. The Kier molecular flexibility index (Phi) is 9.30. The summed E-state index contributed by atoms with van der Waals surface area (Å²) in [6, 6.07) is 8.28. The molecule has 8 heteroatoms. The first kappa shape index (κ1) is 22.7. The van der Waals surface area contributed by atoms with Gasteiger partial charge in [0.05, 0.1) is 12.1 Å². The predicted molar refractivity (Wildman–Crippen MR) is 129 cm³/mol. The maximum Gasteiger partial charge on any atom is 0.193 e. The number of rotatable bonds is 6. The minimum absolute atomic E-state index is 0. The number of aromatic nitrogens is 1. The standard InChI is InChI=1S/C20H29N5OS.HI/c1-16-15-27-19(23-16)8-5-9-22-20(21-2)25-12-10-24(11-13-25)17-6-4-7-18(14-17)26-3;/h4,6-7,14-15H,5,8-13H2,1-3H3,(H,21,22);1H. The lowest BCUT2D eigenvalue weighted by molar-refractivity contribution is 0.372. The molecule has 1 aromatic heterocycles. The molecule has 2 aromatic rings. The van der Waals surface area contributed by atoms with Crippen LogP contribution in [0.15, 0.2) is 34.6 Å². The fraction of sp³-hybridized carbons (Fsp3) is 0.500. The van der Waals surface area contributed by atoms with Crippen molar-refractivity contribution in [2.75, 3.05) is 51.8 Å². The average Bonchev–Trinajstić information content (AvgIpc) is 3.13. The van der Waals surface area contributed by atoms with E-state index in [9.17, 15) is 0 Å². The highest BCUT2D eigenvalue weighted by Gasteiger charge is 2.20. The van der Waals surface area contributed by atoms with Crippen molar-refractivity contribution >= 4 is 47.0 Å². The minimum Gasteiger partial charge on any atom is -0.497 e. The molecule has 0 amide bonds. The van der Waals surface area contributed by atoms with E-state index in [-0.39, 0.29) is 24.0 Å². The van der Waals surface area contributed by atoms with E-state index in [1.807, 2.05) is 26.1 Å². The summed E-state index contributed by atoms with van der Waals surface area (Å²) in [5.74, 6) is 1.90. The van der Waals surface area contributed by atoms with Crippen molar-refractivity contribution in [3.05, 3.63) is 40.3 Å². The highest BCUT2D eigenvalue weighted by molar-refractivity contribution is 14.0. The van der Waals surface area contributed by atoms with E-state index in [0.29, 0.717) is 0 Å². The number of nitrogens with one attached hydrogen (secondary N) is 1. The molecule has 0 spiro atoms. The molecule has 1 aliphatic rings. The van der Waals surface area contributed by atoms with E-state index in [4.69, 9.17) is 4.74 Å². The molecule has 0 aliphatic carbocycles. The number of aryl methyl sites for hydroxylation is 2. The summed E-state index contributed by atoms with van der Waals surface area (Å²) in [6.45, 7) is 6.84. The summed E-state index contributed by atoms with van der Waals surface area (Å²) in [7, 11) is 3.57. The van der Waals surface area contributed by atoms with Crippen molar-refractivity contribution in [3.8, 4) is 5.75 Å². The maximum absolute atomic E-state index is 5.34. The van der Waals surface area contributed by atoms with Gasteiger partial charge in [-0.05, 0) is 25.5 Å². The summed E-state index contributed by atoms with van der Waals surface area (Å²) in [5.41, 5.74) is 2.34. The van der Waals surface area contributed by atoms with E-state index < -0.39 is 0 Å². The smallest absolute Gasteiger partial charge is 0.193 e. The number of piperazine rings is 1. The van der Waals surface area contributed by atoms with Crippen LogP contribution in [-0.2, 0) is 6.42 Å². The topological polar surface area (TPSA) is 53.0 Å². The SMILES string of the molecule is CN=C(NCCCc1nc(C)cs1)N1CCN(c2cccc(OC)c2)CC1.I. The Hall–Kier alpha value is -1.55. The van der Waals surface area contributed by atoms with Gasteiger partial charge in [-0.25, -0.2) is 4.98 Å². The number of guanidine groups is 1. The summed E-state index contributed by atoms with van der Waals surface area (Å²) >= 11 is 1.75. The van der Waals surface area contributed by atoms with Gasteiger partial charge in [-0.2, -0.15) is 0 Å². The Morgan fingerprint density at radius 2 is 2.07 bits per heavy atom. The van der Waals surface area contributed by atoms with E-state index in [2.05, 4.69) is 42.6 Å². The maximum atomic E-state index is 5.34. The third kappa shape index (κ3) is 6.23. The summed E-state index contributed by atoms with van der Waals surface area (Å²) in [5, 5.41) is 6.84. The van der Waals surface area contributed by atoms with Crippen LogP contribution in [0.3, 0.4) is 0 Å². The Morgan fingerprint density at radius 1 is 1.29 bits per heavy atom. The third-order valence-corrected chi connectivity index (χ3v) is 5.75. The molecular formula is C20H30IN5OS. The lowest BCUT2D eigenvalue weighted by Gasteiger charge is -2.37. The number of anilines is 1. The molecule has 1 N–H and O–H groups in total. The van der Waals surface area contributed by atoms with Crippen molar-refractivity contribution in [1.82, 2.24) is 15.2 Å². The molecule has 0 atom stereocenters. The molecule has 0 bridgehead atoms. The van der Waals surface area contributed by atoms with Gasteiger partial charge in [0.1, 0.15) is 5.75 Å². The van der Waals surface area contributed by atoms with Crippen molar-refractivity contribution in [2.24, 2.45) is 4.99 Å². The zero-order chi connectivity index (χ0) is 19.1. The van der Waals surface area contributed by atoms with Gasteiger partial charge in [0.25, 0.3) is 0 Å². The molecule has 0 radical (unpaired) electrons. The van der Waals surface area contributed by atoms with Crippen molar-refractivity contribution in [3.63, 3.8) is 0 Å². The lowest BCUT2D eigenvalue weighted by Crippen LogP contribution is -2.52. The van der Waals surface area contributed by atoms with Crippen LogP contribution in [0.2, 0.25) is 0 Å². The second kappa shape index (κ2) is 11.5. The van der Waals surface area contributed by atoms with Crippen LogP contribution in [0, 0.1) is 6.92 Å². The first-order valence-electron chi connectivity index (χ1n) is 9.45. The fourth-order valence-corrected chi connectivity index (χ4v) is 4.09. The number of aliphatic imine (C=N–C) groups is 1. The van der Waals surface area contributed by atoms with Gasteiger partial charge in [0.15, 0.2) is 5.96 Å². The summed E-state index contributed by atoms with van der Waals surface area (Å²) in [4.78, 5) is 13.7. The molecule has 1 saturated heterocycles. The Bertz CT molecular complexity index is 759.